The second-order valence-corrected chi connectivity index (χ2v) is 6.20. The largest absolute Gasteiger partial charge is 0.314 e. The van der Waals surface area contributed by atoms with Gasteiger partial charge in [0.2, 0.25) is 0 Å². The fourth-order valence-corrected chi connectivity index (χ4v) is 3.39. The van der Waals surface area contributed by atoms with Crippen LogP contribution in [0.5, 0.6) is 0 Å². The summed E-state index contributed by atoms with van der Waals surface area (Å²) in [4.78, 5) is 9.75. The van der Waals surface area contributed by atoms with Crippen molar-refractivity contribution in [2.45, 2.75) is 26.3 Å². The Balaban J connectivity index is 2.15. The molecule has 0 aliphatic rings. The number of hydrogen-bond acceptors (Lipinski definition) is 3. The van der Waals surface area contributed by atoms with Crippen molar-refractivity contribution in [2.75, 3.05) is 0 Å². The van der Waals surface area contributed by atoms with Crippen molar-refractivity contribution in [3.05, 3.63) is 64.8 Å². The predicted molar refractivity (Wildman–Crippen MR) is 92.2 cm³/mol. The lowest BCUT2D eigenvalue weighted by Gasteiger charge is -2.15. The Labute approximate surface area is 138 Å². The number of halogens is 1. The number of benzene rings is 1. The van der Waals surface area contributed by atoms with Crippen molar-refractivity contribution < 1.29 is 4.39 Å². The molecule has 0 spiro atoms. The van der Waals surface area contributed by atoms with E-state index in [1.54, 1.807) is 23.7 Å². The van der Waals surface area contributed by atoms with Gasteiger partial charge in [0.1, 0.15) is 5.82 Å². The molecule has 0 aliphatic heterocycles. The minimum absolute atomic E-state index is 0.223. The molecule has 0 saturated heterocycles. The van der Waals surface area contributed by atoms with E-state index in [1.165, 1.54) is 12.1 Å². The second kappa shape index (κ2) is 6.87. The van der Waals surface area contributed by atoms with Crippen LogP contribution in [0.2, 0.25) is 0 Å². The Hall–Kier alpha value is -2.27. The standard InChI is InChI=1S/C18H18FN3S/c1-3-13(2)22-17(14-6-8-15(19)9-7-14)12-23-18(22)21-16-5-4-10-20-11-16/h4-13H,3H2,1-2H3. The van der Waals surface area contributed by atoms with Crippen LogP contribution in [0.1, 0.15) is 26.3 Å². The molecule has 0 radical (unpaired) electrons. The molecule has 23 heavy (non-hydrogen) atoms. The number of hydrogen-bond donors (Lipinski definition) is 0. The fraction of sp³-hybridized carbons (Fsp3) is 0.222. The Kier molecular flexibility index (Phi) is 4.67. The SMILES string of the molecule is CCC(C)n1c(-c2ccc(F)cc2)csc1=Nc1cccnc1. The van der Waals surface area contributed by atoms with Crippen molar-refractivity contribution >= 4 is 17.0 Å². The third-order valence-corrected chi connectivity index (χ3v) is 4.62. The predicted octanol–water partition coefficient (Wildman–Crippen LogP) is 4.95. The Morgan fingerprint density at radius 1 is 1.26 bits per heavy atom. The van der Waals surface area contributed by atoms with Crippen molar-refractivity contribution in [3.8, 4) is 11.3 Å². The fourth-order valence-electron chi connectivity index (χ4n) is 2.37. The molecular formula is C18H18FN3S. The number of aromatic nitrogens is 2. The first kappa shape index (κ1) is 15.6. The number of nitrogens with zero attached hydrogens (tertiary/aromatic N) is 3. The van der Waals surface area contributed by atoms with E-state index in [9.17, 15) is 4.39 Å². The number of rotatable bonds is 4. The monoisotopic (exact) mass is 327 g/mol. The molecule has 118 valence electrons. The molecule has 1 aromatic carbocycles. The third kappa shape index (κ3) is 3.40. The third-order valence-electron chi connectivity index (χ3n) is 3.78. The van der Waals surface area contributed by atoms with E-state index in [0.29, 0.717) is 6.04 Å². The van der Waals surface area contributed by atoms with Crippen LogP contribution in [0.15, 0.2) is 59.2 Å². The Bertz CT molecular complexity index is 835. The highest BCUT2D eigenvalue weighted by Gasteiger charge is 2.13. The molecular weight excluding hydrogens is 309 g/mol. The van der Waals surface area contributed by atoms with Gasteiger partial charge < -0.3 is 4.57 Å². The number of thiazole rings is 1. The highest BCUT2D eigenvalue weighted by molar-refractivity contribution is 7.07. The molecule has 0 N–H and O–H groups in total. The summed E-state index contributed by atoms with van der Waals surface area (Å²) in [6.07, 6.45) is 4.48. The summed E-state index contributed by atoms with van der Waals surface area (Å²) >= 11 is 1.59. The van der Waals surface area contributed by atoms with Crippen molar-refractivity contribution in [3.63, 3.8) is 0 Å². The topological polar surface area (TPSA) is 30.2 Å². The van der Waals surface area contributed by atoms with Crippen LogP contribution in [0, 0.1) is 5.82 Å². The van der Waals surface area contributed by atoms with Gasteiger partial charge in [-0.25, -0.2) is 9.38 Å². The summed E-state index contributed by atoms with van der Waals surface area (Å²) in [7, 11) is 0. The maximum atomic E-state index is 13.2. The molecule has 0 amide bonds. The van der Waals surface area contributed by atoms with Crippen LogP contribution in [-0.4, -0.2) is 9.55 Å². The highest BCUT2D eigenvalue weighted by Crippen LogP contribution is 2.25. The molecule has 0 fully saturated rings. The Morgan fingerprint density at radius 3 is 2.70 bits per heavy atom. The average molecular weight is 327 g/mol. The second-order valence-electron chi connectivity index (χ2n) is 5.36. The maximum absolute atomic E-state index is 13.2. The zero-order valence-corrected chi connectivity index (χ0v) is 13.9. The van der Waals surface area contributed by atoms with Crippen LogP contribution in [-0.2, 0) is 0 Å². The summed E-state index contributed by atoms with van der Waals surface area (Å²) in [5, 5.41) is 2.08. The Morgan fingerprint density at radius 2 is 2.04 bits per heavy atom. The van der Waals surface area contributed by atoms with Gasteiger partial charge in [0, 0.05) is 17.6 Å². The van der Waals surface area contributed by atoms with Gasteiger partial charge in [-0.3, -0.25) is 4.98 Å². The molecule has 5 heteroatoms. The molecule has 3 aromatic rings. The van der Waals surface area contributed by atoms with E-state index in [0.717, 1.165) is 28.2 Å². The lowest BCUT2D eigenvalue weighted by Crippen LogP contribution is -2.19. The van der Waals surface area contributed by atoms with E-state index < -0.39 is 0 Å². The van der Waals surface area contributed by atoms with E-state index in [2.05, 4.69) is 28.8 Å². The summed E-state index contributed by atoms with van der Waals surface area (Å²) in [5.41, 5.74) is 2.89. The zero-order valence-electron chi connectivity index (χ0n) is 13.1. The van der Waals surface area contributed by atoms with Gasteiger partial charge in [-0.05, 0) is 55.3 Å². The lowest BCUT2D eigenvalue weighted by atomic mass is 10.1. The molecule has 3 rings (SSSR count). The van der Waals surface area contributed by atoms with Crippen LogP contribution in [0.4, 0.5) is 10.1 Å². The van der Waals surface area contributed by atoms with Gasteiger partial charge in [-0.15, -0.1) is 11.3 Å². The van der Waals surface area contributed by atoms with Crippen LogP contribution >= 0.6 is 11.3 Å². The quantitative estimate of drug-likeness (QED) is 0.666. The number of pyridine rings is 1. The summed E-state index contributed by atoms with van der Waals surface area (Å²) in [6, 6.07) is 10.7. The minimum atomic E-state index is -0.223. The summed E-state index contributed by atoms with van der Waals surface area (Å²) in [6.45, 7) is 4.32. The molecule has 0 saturated carbocycles. The van der Waals surface area contributed by atoms with E-state index in [1.807, 2.05) is 24.3 Å². The van der Waals surface area contributed by atoms with E-state index >= 15 is 0 Å². The van der Waals surface area contributed by atoms with Crippen molar-refractivity contribution in [1.82, 2.24) is 9.55 Å². The van der Waals surface area contributed by atoms with Gasteiger partial charge in [0.05, 0.1) is 17.6 Å². The maximum Gasteiger partial charge on any atom is 0.190 e. The molecule has 0 bridgehead atoms. The lowest BCUT2D eigenvalue weighted by molar-refractivity contribution is 0.524. The van der Waals surface area contributed by atoms with Gasteiger partial charge in [0.25, 0.3) is 0 Å². The summed E-state index contributed by atoms with van der Waals surface area (Å²) in [5.74, 6) is -0.223. The first-order valence-electron chi connectivity index (χ1n) is 7.59. The highest BCUT2D eigenvalue weighted by atomic mass is 32.1. The molecule has 0 aliphatic carbocycles. The van der Waals surface area contributed by atoms with Crippen LogP contribution in [0.3, 0.4) is 0 Å². The van der Waals surface area contributed by atoms with Gasteiger partial charge in [-0.1, -0.05) is 6.92 Å². The van der Waals surface area contributed by atoms with Crippen LogP contribution in [0.25, 0.3) is 11.3 Å². The minimum Gasteiger partial charge on any atom is -0.314 e. The van der Waals surface area contributed by atoms with Gasteiger partial charge in [0.15, 0.2) is 4.80 Å². The zero-order chi connectivity index (χ0) is 16.2. The van der Waals surface area contributed by atoms with Crippen molar-refractivity contribution in [1.29, 1.82) is 0 Å². The van der Waals surface area contributed by atoms with E-state index in [4.69, 9.17) is 4.99 Å². The van der Waals surface area contributed by atoms with E-state index in [-0.39, 0.29) is 5.82 Å². The van der Waals surface area contributed by atoms with Gasteiger partial charge >= 0.3 is 0 Å². The normalized spacial score (nSPS) is 13.3. The van der Waals surface area contributed by atoms with Crippen molar-refractivity contribution in [2.24, 2.45) is 4.99 Å². The molecule has 2 aromatic heterocycles. The first-order valence-corrected chi connectivity index (χ1v) is 8.47. The smallest absolute Gasteiger partial charge is 0.190 e. The molecule has 1 atom stereocenters. The van der Waals surface area contributed by atoms with Gasteiger partial charge in [-0.2, -0.15) is 0 Å². The molecule has 1 unspecified atom stereocenters. The van der Waals surface area contributed by atoms with Crippen LogP contribution < -0.4 is 4.80 Å². The molecule has 2 heterocycles. The summed E-state index contributed by atoms with van der Waals surface area (Å²) < 4.78 is 15.4. The first-order chi connectivity index (χ1) is 11.2. The molecule has 3 nitrogen and oxygen atoms in total. The average Bonchev–Trinajstić information content (AvgIpc) is 2.99.